The number of nitrogens with two attached hydrogens (primary N) is 2. The number of amides is 1. The zero-order valence-corrected chi connectivity index (χ0v) is 10.1. The smallest absolute Gasteiger partial charge is 0.255 e. The number of carbonyl (C=O) groups excluding carboxylic acids is 1. The molecule has 4 N–H and O–H groups in total. The lowest BCUT2D eigenvalue weighted by Gasteiger charge is -2.30. The number of rotatable bonds is 3. The quantitative estimate of drug-likeness (QED) is 0.781. The topological polar surface area (TPSA) is 72.3 Å². The summed E-state index contributed by atoms with van der Waals surface area (Å²) in [7, 11) is 1.83. The molecule has 1 aliphatic carbocycles. The molecule has 4 heteroatoms. The third-order valence-electron chi connectivity index (χ3n) is 3.41. The van der Waals surface area contributed by atoms with Gasteiger partial charge in [0, 0.05) is 25.0 Å². The molecule has 0 aliphatic heterocycles. The van der Waals surface area contributed by atoms with Gasteiger partial charge in [-0.2, -0.15) is 0 Å². The average molecular weight is 233 g/mol. The Balaban J connectivity index is 2.07. The van der Waals surface area contributed by atoms with Crippen LogP contribution >= 0.6 is 0 Å². The van der Waals surface area contributed by atoms with Gasteiger partial charge in [-0.3, -0.25) is 4.79 Å². The molecule has 0 radical (unpaired) electrons. The van der Waals surface area contributed by atoms with E-state index in [4.69, 9.17) is 11.5 Å². The van der Waals surface area contributed by atoms with E-state index in [0.29, 0.717) is 22.9 Å². The van der Waals surface area contributed by atoms with Crippen molar-refractivity contribution in [2.24, 2.45) is 5.92 Å². The number of benzene rings is 1. The number of hydrogen-bond acceptors (Lipinski definition) is 3. The molecule has 0 unspecified atom stereocenters. The third-order valence-corrected chi connectivity index (χ3v) is 3.41. The van der Waals surface area contributed by atoms with Crippen LogP contribution in [0, 0.1) is 5.92 Å². The largest absolute Gasteiger partial charge is 0.399 e. The molecule has 1 fully saturated rings. The van der Waals surface area contributed by atoms with Crippen molar-refractivity contribution in [3.8, 4) is 0 Å². The van der Waals surface area contributed by atoms with Crippen molar-refractivity contribution in [3.05, 3.63) is 23.8 Å². The Bertz CT molecular complexity index is 427. The van der Waals surface area contributed by atoms with Crippen LogP contribution in [0.3, 0.4) is 0 Å². The molecule has 0 saturated heterocycles. The van der Waals surface area contributed by atoms with E-state index in [9.17, 15) is 4.79 Å². The van der Waals surface area contributed by atoms with Crippen molar-refractivity contribution < 1.29 is 4.79 Å². The van der Waals surface area contributed by atoms with Crippen molar-refractivity contribution in [3.63, 3.8) is 0 Å². The predicted octanol–water partition coefficient (Wildman–Crippen LogP) is 1.72. The SMILES string of the molecule is CN(CC1CCC1)C(=O)c1ccc(N)cc1N. The number of anilines is 2. The molecule has 1 aromatic rings. The van der Waals surface area contributed by atoms with Crippen LogP contribution in [0.15, 0.2) is 18.2 Å². The molecule has 1 amide bonds. The lowest BCUT2D eigenvalue weighted by Crippen LogP contribution is -2.34. The summed E-state index contributed by atoms with van der Waals surface area (Å²) in [5, 5.41) is 0. The van der Waals surface area contributed by atoms with Crippen molar-refractivity contribution in [2.45, 2.75) is 19.3 Å². The van der Waals surface area contributed by atoms with Crippen molar-refractivity contribution in [1.29, 1.82) is 0 Å². The van der Waals surface area contributed by atoms with Crippen LogP contribution in [0.2, 0.25) is 0 Å². The molecule has 92 valence electrons. The maximum absolute atomic E-state index is 12.2. The van der Waals surface area contributed by atoms with Crippen molar-refractivity contribution in [2.75, 3.05) is 25.1 Å². The number of nitrogen functional groups attached to an aromatic ring is 2. The van der Waals surface area contributed by atoms with Gasteiger partial charge in [-0.15, -0.1) is 0 Å². The average Bonchev–Trinajstić information content (AvgIpc) is 2.22. The lowest BCUT2D eigenvalue weighted by atomic mass is 9.85. The third kappa shape index (κ3) is 2.52. The highest BCUT2D eigenvalue weighted by molar-refractivity contribution is 5.99. The van der Waals surface area contributed by atoms with Crippen LogP contribution in [0.1, 0.15) is 29.6 Å². The number of carbonyl (C=O) groups is 1. The van der Waals surface area contributed by atoms with E-state index in [2.05, 4.69) is 0 Å². The van der Waals surface area contributed by atoms with Crippen LogP contribution in [0.5, 0.6) is 0 Å². The second-order valence-corrected chi connectivity index (χ2v) is 4.83. The van der Waals surface area contributed by atoms with Gasteiger partial charge in [0.25, 0.3) is 5.91 Å². The molecule has 1 aromatic carbocycles. The minimum absolute atomic E-state index is 0.0191. The van der Waals surface area contributed by atoms with Crippen molar-refractivity contribution >= 4 is 17.3 Å². The normalized spacial score (nSPS) is 15.4. The minimum atomic E-state index is -0.0191. The Morgan fingerprint density at radius 3 is 2.65 bits per heavy atom. The first-order chi connectivity index (χ1) is 8.08. The van der Waals surface area contributed by atoms with E-state index >= 15 is 0 Å². The number of hydrogen-bond donors (Lipinski definition) is 2. The predicted molar refractivity (Wildman–Crippen MR) is 69.6 cm³/mol. The summed E-state index contributed by atoms with van der Waals surface area (Å²) in [4.78, 5) is 13.9. The molecule has 1 saturated carbocycles. The number of nitrogens with zero attached hydrogens (tertiary/aromatic N) is 1. The van der Waals surface area contributed by atoms with Gasteiger partial charge in [-0.05, 0) is 37.0 Å². The highest BCUT2D eigenvalue weighted by Gasteiger charge is 2.22. The lowest BCUT2D eigenvalue weighted by molar-refractivity contribution is 0.0746. The van der Waals surface area contributed by atoms with E-state index in [1.54, 1.807) is 23.1 Å². The van der Waals surface area contributed by atoms with Crippen molar-refractivity contribution in [1.82, 2.24) is 4.90 Å². The van der Waals surface area contributed by atoms with E-state index in [1.807, 2.05) is 7.05 Å². The minimum Gasteiger partial charge on any atom is -0.399 e. The summed E-state index contributed by atoms with van der Waals surface area (Å²) in [6.45, 7) is 0.822. The van der Waals surface area contributed by atoms with Gasteiger partial charge in [0.2, 0.25) is 0 Å². The van der Waals surface area contributed by atoms with Crippen LogP contribution in [0.4, 0.5) is 11.4 Å². The molecule has 4 nitrogen and oxygen atoms in total. The van der Waals surface area contributed by atoms with Gasteiger partial charge in [0.05, 0.1) is 5.56 Å². The summed E-state index contributed by atoms with van der Waals surface area (Å²) < 4.78 is 0. The molecule has 0 spiro atoms. The molecule has 0 bridgehead atoms. The molecular weight excluding hydrogens is 214 g/mol. The van der Waals surface area contributed by atoms with Crippen LogP contribution < -0.4 is 11.5 Å². The summed E-state index contributed by atoms with van der Waals surface area (Å²) in [5.74, 6) is 0.647. The standard InChI is InChI=1S/C13H19N3O/c1-16(8-9-3-2-4-9)13(17)11-6-5-10(14)7-12(11)15/h5-7,9H,2-4,8,14-15H2,1H3. The Morgan fingerprint density at radius 2 is 2.12 bits per heavy atom. The van der Waals surface area contributed by atoms with Crippen LogP contribution in [-0.2, 0) is 0 Å². The van der Waals surface area contributed by atoms with Crippen LogP contribution in [-0.4, -0.2) is 24.4 Å². The first-order valence-electron chi connectivity index (χ1n) is 5.98. The fourth-order valence-electron chi connectivity index (χ4n) is 2.13. The monoisotopic (exact) mass is 233 g/mol. The van der Waals surface area contributed by atoms with E-state index in [-0.39, 0.29) is 5.91 Å². The first kappa shape index (κ1) is 11.8. The fourth-order valence-corrected chi connectivity index (χ4v) is 2.13. The Kier molecular flexibility index (Phi) is 3.22. The zero-order valence-electron chi connectivity index (χ0n) is 10.1. The highest BCUT2D eigenvalue weighted by Crippen LogP contribution is 2.27. The maximum atomic E-state index is 12.2. The summed E-state index contributed by atoms with van der Waals surface area (Å²) in [6.07, 6.45) is 3.75. The van der Waals surface area contributed by atoms with Gasteiger partial charge >= 0.3 is 0 Å². The molecule has 0 atom stereocenters. The second-order valence-electron chi connectivity index (χ2n) is 4.83. The summed E-state index contributed by atoms with van der Waals surface area (Å²) in [5.41, 5.74) is 13.0. The second kappa shape index (κ2) is 4.65. The van der Waals surface area contributed by atoms with Gasteiger partial charge in [-0.1, -0.05) is 6.42 Å². The van der Waals surface area contributed by atoms with Gasteiger partial charge in [-0.25, -0.2) is 0 Å². The summed E-state index contributed by atoms with van der Waals surface area (Å²) >= 11 is 0. The van der Waals surface area contributed by atoms with Crippen LogP contribution in [0.25, 0.3) is 0 Å². The van der Waals surface area contributed by atoms with Gasteiger partial charge in [0.1, 0.15) is 0 Å². The molecule has 0 aromatic heterocycles. The Hall–Kier alpha value is -1.71. The first-order valence-corrected chi connectivity index (χ1v) is 5.98. The molecule has 1 aliphatic rings. The zero-order chi connectivity index (χ0) is 12.4. The summed E-state index contributed by atoms with van der Waals surface area (Å²) in [6, 6.07) is 5.04. The fraction of sp³-hybridized carbons (Fsp3) is 0.462. The van der Waals surface area contributed by atoms with E-state index < -0.39 is 0 Å². The van der Waals surface area contributed by atoms with E-state index in [0.717, 1.165) is 6.54 Å². The van der Waals surface area contributed by atoms with E-state index in [1.165, 1.54) is 19.3 Å². The molecule has 0 heterocycles. The Labute approximate surface area is 102 Å². The molecule has 17 heavy (non-hydrogen) atoms. The maximum Gasteiger partial charge on any atom is 0.255 e. The molecule has 2 rings (SSSR count). The highest BCUT2D eigenvalue weighted by atomic mass is 16.2. The van der Waals surface area contributed by atoms with Gasteiger partial charge < -0.3 is 16.4 Å². The Morgan fingerprint density at radius 1 is 1.41 bits per heavy atom. The van der Waals surface area contributed by atoms with Gasteiger partial charge in [0.15, 0.2) is 0 Å². The molecular formula is C13H19N3O.